The lowest BCUT2D eigenvalue weighted by molar-refractivity contribution is 0.0983. The van der Waals surface area contributed by atoms with Crippen molar-refractivity contribution in [3.05, 3.63) is 63.7 Å². The topological polar surface area (TPSA) is 101 Å². The molecule has 4 rings (SSSR count). The van der Waals surface area contributed by atoms with Gasteiger partial charge in [-0.05, 0) is 24.1 Å². The molecule has 0 bridgehead atoms. The zero-order chi connectivity index (χ0) is 20.8. The van der Waals surface area contributed by atoms with Gasteiger partial charge in [0, 0.05) is 29.1 Å². The summed E-state index contributed by atoms with van der Waals surface area (Å²) in [6.07, 6.45) is 1.36. The molecule has 148 valence electrons. The van der Waals surface area contributed by atoms with Gasteiger partial charge >= 0.3 is 0 Å². The van der Waals surface area contributed by atoms with E-state index in [1.54, 1.807) is 24.3 Å². The van der Waals surface area contributed by atoms with Gasteiger partial charge in [-0.25, -0.2) is 18.8 Å². The number of carbonyl (C=O) groups is 1. The highest BCUT2D eigenvalue weighted by Gasteiger charge is 2.59. The van der Waals surface area contributed by atoms with Crippen LogP contribution in [0.4, 0.5) is 8.78 Å². The lowest BCUT2D eigenvalue weighted by atomic mass is 9.84. The molecule has 0 spiro atoms. The van der Waals surface area contributed by atoms with Crippen LogP contribution in [0.3, 0.4) is 0 Å². The summed E-state index contributed by atoms with van der Waals surface area (Å²) in [5.41, 5.74) is 5.03. The number of fused-ring (bicyclic) bond motifs is 1. The van der Waals surface area contributed by atoms with Crippen LogP contribution in [-0.4, -0.2) is 29.6 Å². The van der Waals surface area contributed by atoms with E-state index in [-0.39, 0.29) is 35.7 Å². The Kier molecular flexibility index (Phi) is 4.71. The van der Waals surface area contributed by atoms with Crippen molar-refractivity contribution in [1.82, 2.24) is 4.98 Å². The maximum Gasteiger partial charge on any atom is 0.283 e. The fourth-order valence-corrected chi connectivity index (χ4v) is 4.00. The number of alkyl halides is 1. The predicted molar refractivity (Wildman–Crippen MR) is 101 cm³/mol. The highest BCUT2D eigenvalue weighted by Crippen LogP contribution is 2.54. The van der Waals surface area contributed by atoms with Crippen LogP contribution in [0.5, 0.6) is 0 Å². The highest BCUT2D eigenvalue weighted by atomic mass is 35.5. The van der Waals surface area contributed by atoms with Crippen LogP contribution in [0.15, 0.2) is 35.5 Å². The van der Waals surface area contributed by atoms with Gasteiger partial charge in [-0.15, -0.1) is 0 Å². The number of hydrogen-bond acceptors (Lipinski definition) is 6. The van der Waals surface area contributed by atoms with Gasteiger partial charge in [0.15, 0.2) is 11.6 Å². The molecule has 1 aliphatic carbocycles. The Bertz CT molecular complexity index is 1080. The first kappa shape index (κ1) is 19.3. The van der Waals surface area contributed by atoms with Crippen molar-refractivity contribution in [3.8, 4) is 6.07 Å². The van der Waals surface area contributed by atoms with Gasteiger partial charge in [-0.1, -0.05) is 23.7 Å². The smallest absolute Gasteiger partial charge is 0.283 e. The number of ether oxygens (including phenoxy) is 1. The summed E-state index contributed by atoms with van der Waals surface area (Å²) >= 11 is 6.34. The zero-order valence-electron chi connectivity index (χ0n) is 15.0. The highest BCUT2D eigenvalue weighted by molar-refractivity contribution is 6.31. The lowest BCUT2D eigenvalue weighted by Crippen LogP contribution is -2.39. The van der Waals surface area contributed by atoms with Gasteiger partial charge in [0.1, 0.15) is 30.1 Å². The molecule has 1 aromatic heterocycles. The Labute approximate surface area is 170 Å². The summed E-state index contributed by atoms with van der Waals surface area (Å²) in [6, 6.07) is 7.38. The number of benzene rings is 1. The van der Waals surface area contributed by atoms with Crippen molar-refractivity contribution in [2.24, 2.45) is 16.6 Å². The molecule has 0 unspecified atom stereocenters. The molecule has 9 heteroatoms. The second-order valence-electron chi connectivity index (χ2n) is 7.09. The molecule has 1 aromatic carbocycles. The molecule has 1 aliphatic heterocycles. The second kappa shape index (κ2) is 7.08. The van der Waals surface area contributed by atoms with Gasteiger partial charge in [0.05, 0.1) is 5.56 Å². The molecule has 0 radical (unpaired) electrons. The van der Waals surface area contributed by atoms with Crippen molar-refractivity contribution < 1.29 is 18.3 Å². The number of aliphatic imine (C=N–C) groups is 1. The fraction of sp³-hybridized carbons (Fsp3) is 0.300. The van der Waals surface area contributed by atoms with Crippen LogP contribution in [-0.2, 0) is 16.7 Å². The Morgan fingerprint density at radius 2 is 2.24 bits per heavy atom. The quantitative estimate of drug-likeness (QED) is 0.755. The fourth-order valence-electron chi connectivity index (χ4n) is 3.71. The zero-order valence-corrected chi connectivity index (χ0v) is 15.8. The van der Waals surface area contributed by atoms with E-state index in [1.165, 1.54) is 0 Å². The largest absolute Gasteiger partial charge is 0.462 e. The first-order valence-electron chi connectivity index (χ1n) is 8.83. The Hall–Kier alpha value is -3.05. The molecule has 2 aromatic rings. The molecular weight excluding hydrogens is 402 g/mol. The SMILES string of the molecule is N#Cc1cnc(C(=O)Cc2ccc(Cl)c([C@@]3(CF)N=C(N)O[C@@H]4C[C@@H]43)c2)c(F)c1. The van der Waals surface area contributed by atoms with Crippen LogP contribution in [0.1, 0.15) is 33.6 Å². The first-order valence-corrected chi connectivity index (χ1v) is 9.21. The van der Waals surface area contributed by atoms with Crippen LogP contribution in [0.25, 0.3) is 0 Å². The third-order valence-corrected chi connectivity index (χ3v) is 5.56. The van der Waals surface area contributed by atoms with Crippen LogP contribution in [0.2, 0.25) is 5.02 Å². The summed E-state index contributed by atoms with van der Waals surface area (Å²) in [5, 5.41) is 9.08. The molecule has 3 atom stereocenters. The number of rotatable bonds is 5. The summed E-state index contributed by atoms with van der Waals surface area (Å²) in [5.74, 6) is -1.64. The van der Waals surface area contributed by atoms with E-state index < -0.39 is 23.8 Å². The molecular formula is C20H15ClF2N4O2. The Morgan fingerprint density at radius 3 is 2.93 bits per heavy atom. The number of hydrogen-bond donors (Lipinski definition) is 1. The summed E-state index contributed by atoms with van der Waals surface area (Å²) in [6.45, 7) is -0.818. The number of amidine groups is 1. The average Bonchev–Trinajstić information content (AvgIpc) is 3.48. The standard InChI is InChI=1S/C20H15ClF2N4O2/c21-14-2-1-10(5-16(28)18-15(23)4-11(7-24)8-26-18)3-12(14)20(9-22)13-6-17(13)29-19(25)27-20/h1-4,8,13,17H,5-6,9H2,(H2,25,27)/t13-,17+,20+/m0/s1. The number of pyridine rings is 1. The third-order valence-electron chi connectivity index (χ3n) is 5.23. The molecule has 2 heterocycles. The average molecular weight is 417 g/mol. The number of nitrogens with two attached hydrogens (primary N) is 1. The van der Waals surface area contributed by atoms with Gasteiger partial charge in [-0.2, -0.15) is 5.26 Å². The molecule has 0 amide bonds. The van der Waals surface area contributed by atoms with E-state index in [0.29, 0.717) is 22.6 Å². The van der Waals surface area contributed by atoms with E-state index in [2.05, 4.69) is 9.98 Å². The minimum absolute atomic E-state index is 0.0201. The third kappa shape index (κ3) is 3.32. The van der Waals surface area contributed by atoms with Gasteiger partial charge in [-0.3, -0.25) is 4.79 Å². The first-order chi connectivity index (χ1) is 13.9. The Morgan fingerprint density at radius 1 is 1.45 bits per heavy atom. The molecule has 0 saturated heterocycles. The van der Waals surface area contributed by atoms with Crippen molar-refractivity contribution in [2.45, 2.75) is 24.5 Å². The monoisotopic (exact) mass is 416 g/mol. The van der Waals surface area contributed by atoms with E-state index in [1.807, 2.05) is 0 Å². The number of aromatic nitrogens is 1. The van der Waals surface area contributed by atoms with Crippen molar-refractivity contribution in [1.29, 1.82) is 5.26 Å². The van der Waals surface area contributed by atoms with E-state index in [4.69, 9.17) is 27.3 Å². The number of ketones is 1. The maximum atomic E-state index is 14.2. The van der Waals surface area contributed by atoms with E-state index in [0.717, 1.165) is 12.3 Å². The molecule has 2 N–H and O–H groups in total. The van der Waals surface area contributed by atoms with E-state index >= 15 is 0 Å². The number of halogens is 3. The predicted octanol–water partition coefficient (Wildman–Crippen LogP) is 3.07. The van der Waals surface area contributed by atoms with E-state index in [9.17, 15) is 13.6 Å². The normalized spacial score (nSPS) is 24.7. The number of Topliss-reactive ketones (excluding diaryl/α,β-unsaturated/α-hetero) is 1. The molecule has 1 saturated carbocycles. The minimum atomic E-state index is -1.26. The number of carbonyl (C=O) groups excluding carboxylic acids is 1. The van der Waals surface area contributed by atoms with Crippen molar-refractivity contribution >= 4 is 23.4 Å². The molecule has 29 heavy (non-hydrogen) atoms. The van der Waals surface area contributed by atoms with Gasteiger partial charge in [0.25, 0.3) is 6.02 Å². The molecule has 1 fully saturated rings. The maximum absolute atomic E-state index is 14.2. The van der Waals surface area contributed by atoms with Crippen LogP contribution in [0, 0.1) is 23.1 Å². The number of nitrogens with zero attached hydrogens (tertiary/aromatic N) is 3. The molecule has 2 aliphatic rings. The minimum Gasteiger partial charge on any atom is -0.462 e. The summed E-state index contributed by atoms with van der Waals surface area (Å²) in [4.78, 5) is 20.5. The van der Waals surface area contributed by atoms with Gasteiger partial charge < -0.3 is 10.5 Å². The van der Waals surface area contributed by atoms with Gasteiger partial charge in [0.2, 0.25) is 0 Å². The summed E-state index contributed by atoms with van der Waals surface area (Å²) in [7, 11) is 0. The molecule has 6 nitrogen and oxygen atoms in total. The van der Waals surface area contributed by atoms with Crippen molar-refractivity contribution in [3.63, 3.8) is 0 Å². The number of nitriles is 1. The second-order valence-corrected chi connectivity index (χ2v) is 7.49. The summed E-state index contributed by atoms with van der Waals surface area (Å²) < 4.78 is 33.6. The van der Waals surface area contributed by atoms with Crippen molar-refractivity contribution in [2.75, 3.05) is 6.67 Å². The van der Waals surface area contributed by atoms with Crippen LogP contribution >= 0.6 is 11.6 Å². The van der Waals surface area contributed by atoms with Crippen LogP contribution < -0.4 is 5.73 Å². The Balaban J connectivity index is 1.67. The lowest BCUT2D eigenvalue weighted by Gasteiger charge is -2.32.